The van der Waals surface area contributed by atoms with E-state index in [2.05, 4.69) is 33.9 Å². The molecule has 7 heteroatoms. The van der Waals surface area contributed by atoms with Gasteiger partial charge in [0.2, 0.25) is 0 Å². The summed E-state index contributed by atoms with van der Waals surface area (Å²) >= 11 is 0. The van der Waals surface area contributed by atoms with E-state index in [4.69, 9.17) is 23.4 Å². The Hall–Kier alpha value is -1.51. The summed E-state index contributed by atoms with van der Waals surface area (Å²) in [6, 6.07) is 10.1. The summed E-state index contributed by atoms with van der Waals surface area (Å²) in [5.74, 6) is -1.05. The van der Waals surface area contributed by atoms with Crippen LogP contribution in [0.15, 0.2) is 42.5 Å². The fourth-order valence-electron chi connectivity index (χ4n) is 3.55. The second-order valence-electron chi connectivity index (χ2n) is 10.6. The SMILES string of the molecule is COC(=O)/C=C\C[C@@H](C[C@@H]1OC(C)(C)O[C@H]1COCc1ccccc1)O[Si](C)(C)C(C)(C)C. The lowest BCUT2D eigenvalue weighted by atomic mass is 10.0. The Balaban J connectivity index is 2.08. The number of ether oxygens (including phenoxy) is 4. The van der Waals surface area contributed by atoms with Crippen LogP contribution in [0.25, 0.3) is 0 Å². The molecule has 186 valence electrons. The number of hydrogen-bond donors (Lipinski definition) is 0. The van der Waals surface area contributed by atoms with Crippen LogP contribution in [-0.2, 0) is 34.8 Å². The molecule has 0 unspecified atom stereocenters. The standard InChI is InChI=1S/C26H42O6Si/c1-25(2,3)33(7,8)32-21(15-12-16-24(27)28-6)17-22-23(31-26(4,5)30-22)19-29-18-20-13-10-9-11-14-20/h9-14,16,21-23H,15,17-19H2,1-8H3/b16-12-/t21-,22-,23-/m0/s1. The van der Waals surface area contributed by atoms with Gasteiger partial charge in [0.25, 0.3) is 0 Å². The smallest absolute Gasteiger partial charge is 0.330 e. The van der Waals surface area contributed by atoms with E-state index in [1.54, 1.807) is 0 Å². The normalized spacial score (nSPS) is 21.9. The summed E-state index contributed by atoms with van der Waals surface area (Å²) in [5, 5.41) is 0.0712. The Labute approximate surface area is 200 Å². The second kappa shape index (κ2) is 11.8. The van der Waals surface area contributed by atoms with Gasteiger partial charge in [-0.25, -0.2) is 4.79 Å². The fraction of sp³-hybridized carbons (Fsp3) is 0.654. The second-order valence-corrected chi connectivity index (χ2v) is 15.4. The first-order chi connectivity index (χ1) is 15.3. The maximum Gasteiger partial charge on any atom is 0.330 e. The predicted molar refractivity (Wildman–Crippen MR) is 132 cm³/mol. The van der Waals surface area contributed by atoms with E-state index in [9.17, 15) is 4.79 Å². The number of carbonyl (C=O) groups is 1. The molecule has 1 aromatic rings. The van der Waals surface area contributed by atoms with Crippen LogP contribution in [-0.4, -0.2) is 52.1 Å². The molecule has 0 aliphatic carbocycles. The summed E-state index contributed by atoms with van der Waals surface area (Å²) in [4.78, 5) is 11.6. The van der Waals surface area contributed by atoms with Crippen molar-refractivity contribution in [3.8, 4) is 0 Å². The van der Waals surface area contributed by atoms with Gasteiger partial charge in [0.1, 0.15) is 6.10 Å². The lowest BCUT2D eigenvalue weighted by Gasteiger charge is -2.40. The maximum absolute atomic E-state index is 11.6. The van der Waals surface area contributed by atoms with Crippen LogP contribution in [0.1, 0.15) is 53.0 Å². The zero-order valence-corrected chi connectivity index (χ0v) is 22.6. The Bertz CT molecular complexity index is 769. The van der Waals surface area contributed by atoms with Crippen LogP contribution in [0.4, 0.5) is 0 Å². The molecule has 1 aliphatic rings. The van der Waals surface area contributed by atoms with Gasteiger partial charge in [0, 0.05) is 12.5 Å². The van der Waals surface area contributed by atoms with Crippen molar-refractivity contribution in [2.75, 3.05) is 13.7 Å². The Morgan fingerprint density at radius 1 is 1.15 bits per heavy atom. The molecule has 33 heavy (non-hydrogen) atoms. The molecule has 0 radical (unpaired) electrons. The minimum Gasteiger partial charge on any atom is -0.466 e. The van der Waals surface area contributed by atoms with Crippen LogP contribution in [0.5, 0.6) is 0 Å². The van der Waals surface area contributed by atoms with Gasteiger partial charge in [-0.2, -0.15) is 0 Å². The first-order valence-electron chi connectivity index (χ1n) is 11.7. The number of methoxy groups -OCH3 is 1. The third-order valence-corrected chi connectivity index (χ3v) is 10.8. The zero-order chi connectivity index (χ0) is 24.7. The molecule has 6 nitrogen and oxygen atoms in total. The first kappa shape index (κ1) is 27.7. The van der Waals surface area contributed by atoms with Crippen molar-refractivity contribution in [3.63, 3.8) is 0 Å². The number of rotatable bonds is 11. The van der Waals surface area contributed by atoms with Gasteiger partial charge < -0.3 is 23.4 Å². The zero-order valence-electron chi connectivity index (χ0n) is 21.6. The van der Waals surface area contributed by atoms with Crippen molar-refractivity contribution in [3.05, 3.63) is 48.0 Å². The molecule has 0 aromatic heterocycles. The third-order valence-electron chi connectivity index (χ3n) is 6.30. The van der Waals surface area contributed by atoms with E-state index < -0.39 is 14.1 Å². The molecule has 0 N–H and O–H groups in total. The number of esters is 1. The Morgan fingerprint density at radius 2 is 1.79 bits per heavy atom. The van der Waals surface area contributed by atoms with Crippen molar-refractivity contribution in [2.24, 2.45) is 0 Å². The minimum atomic E-state index is -2.03. The predicted octanol–water partition coefficient (Wildman–Crippen LogP) is 5.62. The van der Waals surface area contributed by atoms with Crippen LogP contribution in [0.2, 0.25) is 18.1 Å². The van der Waals surface area contributed by atoms with Gasteiger partial charge >= 0.3 is 5.97 Å². The fourth-order valence-corrected chi connectivity index (χ4v) is 4.93. The topological polar surface area (TPSA) is 63.2 Å². The number of carbonyl (C=O) groups excluding carboxylic acids is 1. The van der Waals surface area contributed by atoms with Gasteiger partial charge in [-0.1, -0.05) is 57.2 Å². The molecule has 1 aromatic carbocycles. The molecule has 0 saturated carbocycles. The lowest BCUT2D eigenvalue weighted by molar-refractivity contribution is -0.152. The molecule has 1 heterocycles. The summed E-state index contributed by atoms with van der Waals surface area (Å²) in [7, 11) is -0.653. The molecule has 1 aliphatic heterocycles. The molecular weight excluding hydrogens is 436 g/mol. The Kier molecular flexibility index (Phi) is 9.88. The largest absolute Gasteiger partial charge is 0.466 e. The van der Waals surface area contributed by atoms with Crippen LogP contribution >= 0.6 is 0 Å². The molecular formula is C26H42O6Si. The molecule has 0 spiro atoms. The van der Waals surface area contributed by atoms with E-state index in [1.807, 2.05) is 50.3 Å². The first-order valence-corrected chi connectivity index (χ1v) is 14.6. The highest BCUT2D eigenvalue weighted by Crippen LogP contribution is 2.39. The van der Waals surface area contributed by atoms with E-state index in [-0.39, 0.29) is 29.3 Å². The van der Waals surface area contributed by atoms with Crippen LogP contribution < -0.4 is 0 Å². The average Bonchev–Trinajstić information content (AvgIpc) is 3.00. The maximum atomic E-state index is 11.6. The highest BCUT2D eigenvalue weighted by atomic mass is 28.4. The summed E-state index contributed by atoms with van der Waals surface area (Å²) in [6.45, 7) is 16.0. The quantitative estimate of drug-likeness (QED) is 0.234. The molecule has 0 amide bonds. The van der Waals surface area contributed by atoms with E-state index in [0.29, 0.717) is 26.1 Å². The van der Waals surface area contributed by atoms with Crippen molar-refractivity contribution in [1.82, 2.24) is 0 Å². The van der Waals surface area contributed by atoms with E-state index >= 15 is 0 Å². The molecule has 3 atom stereocenters. The van der Waals surface area contributed by atoms with Crippen LogP contribution in [0.3, 0.4) is 0 Å². The van der Waals surface area contributed by atoms with Crippen molar-refractivity contribution < 1.29 is 28.2 Å². The van der Waals surface area contributed by atoms with Gasteiger partial charge in [0.05, 0.1) is 32.5 Å². The van der Waals surface area contributed by atoms with E-state index in [1.165, 1.54) is 13.2 Å². The van der Waals surface area contributed by atoms with Crippen molar-refractivity contribution in [2.45, 2.75) is 96.3 Å². The molecule has 0 bridgehead atoms. The van der Waals surface area contributed by atoms with Crippen molar-refractivity contribution >= 4 is 14.3 Å². The van der Waals surface area contributed by atoms with Gasteiger partial charge in [0.15, 0.2) is 14.1 Å². The lowest BCUT2D eigenvalue weighted by Crippen LogP contribution is -2.45. The summed E-state index contributed by atoms with van der Waals surface area (Å²) in [6.07, 6.45) is 4.06. The van der Waals surface area contributed by atoms with Gasteiger partial charge in [-0.15, -0.1) is 0 Å². The minimum absolute atomic E-state index is 0.0712. The third kappa shape index (κ3) is 8.98. The molecule has 2 rings (SSSR count). The summed E-state index contributed by atoms with van der Waals surface area (Å²) < 4.78 is 29.9. The average molecular weight is 479 g/mol. The van der Waals surface area contributed by atoms with Gasteiger partial charge in [-0.05, 0) is 44.0 Å². The van der Waals surface area contributed by atoms with Gasteiger partial charge in [-0.3, -0.25) is 0 Å². The molecule has 1 saturated heterocycles. The van der Waals surface area contributed by atoms with E-state index in [0.717, 1.165) is 5.56 Å². The highest BCUT2D eigenvalue weighted by molar-refractivity contribution is 6.74. The Morgan fingerprint density at radius 3 is 2.39 bits per heavy atom. The number of hydrogen-bond acceptors (Lipinski definition) is 6. The number of benzene rings is 1. The van der Waals surface area contributed by atoms with Crippen molar-refractivity contribution in [1.29, 1.82) is 0 Å². The highest BCUT2D eigenvalue weighted by Gasteiger charge is 2.44. The van der Waals surface area contributed by atoms with Crippen LogP contribution in [0, 0.1) is 0 Å². The monoisotopic (exact) mass is 478 g/mol. The summed E-state index contributed by atoms with van der Waals surface area (Å²) in [5.41, 5.74) is 1.12. The molecule has 1 fully saturated rings.